The lowest BCUT2D eigenvalue weighted by atomic mass is 9.81. The van der Waals surface area contributed by atoms with Gasteiger partial charge >= 0.3 is 5.97 Å². The standard InChI is InChI=1S/C18H30O3S2/c1-2-3-5-10-22-12-14-15(17-9-8-16(14)21-17)13-23-11-6-4-7-18(19)20/h2-3,14-17H,4-13H2,1H3,(H,19,20). The molecule has 2 aliphatic rings. The van der Waals surface area contributed by atoms with Crippen molar-refractivity contribution in [2.45, 2.75) is 57.7 Å². The molecule has 2 aliphatic heterocycles. The van der Waals surface area contributed by atoms with Crippen molar-refractivity contribution in [2.24, 2.45) is 11.8 Å². The molecule has 2 rings (SSSR count). The van der Waals surface area contributed by atoms with Crippen LogP contribution in [0.5, 0.6) is 0 Å². The SMILES string of the molecule is CC=CCCSCC1C2CCC(O2)C1CSCCCCC(=O)O. The Labute approximate surface area is 149 Å². The molecule has 0 aromatic carbocycles. The van der Waals surface area contributed by atoms with E-state index in [9.17, 15) is 4.79 Å². The minimum Gasteiger partial charge on any atom is -0.481 e. The molecule has 3 nitrogen and oxygen atoms in total. The number of ether oxygens (including phenoxy) is 1. The Morgan fingerprint density at radius 1 is 1.13 bits per heavy atom. The summed E-state index contributed by atoms with van der Waals surface area (Å²) < 4.78 is 6.17. The van der Waals surface area contributed by atoms with Crippen LogP contribution in [0.3, 0.4) is 0 Å². The molecule has 0 aliphatic carbocycles. The van der Waals surface area contributed by atoms with E-state index in [0.29, 0.717) is 24.5 Å². The van der Waals surface area contributed by atoms with Crippen molar-refractivity contribution in [3.05, 3.63) is 12.2 Å². The number of unbranched alkanes of at least 4 members (excludes halogenated alkanes) is 1. The fraction of sp³-hybridized carbons (Fsp3) is 0.833. The molecule has 4 unspecified atom stereocenters. The van der Waals surface area contributed by atoms with E-state index in [1.165, 1.54) is 36.5 Å². The molecule has 2 bridgehead atoms. The number of carbonyl (C=O) groups is 1. The number of carboxylic acids is 1. The average Bonchev–Trinajstić information content (AvgIpc) is 3.12. The zero-order valence-electron chi connectivity index (χ0n) is 14.1. The molecule has 5 heteroatoms. The number of aliphatic carboxylic acids is 1. The molecule has 0 spiro atoms. The third kappa shape index (κ3) is 6.35. The highest BCUT2D eigenvalue weighted by Crippen LogP contribution is 2.46. The summed E-state index contributed by atoms with van der Waals surface area (Å²) in [5.74, 6) is 5.50. The Morgan fingerprint density at radius 3 is 2.39 bits per heavy atom. The minimum absolute atomic E-state index is 0.309. The predicted molar refractivity (Wildman–Crippen MR) is 100 cm³/mol. The van der Waals surface area contributed by atoms with Crippen molar-refractivity contribution in [1.29, 1.82) is 0 Å². The number of rotatable bonds is 12. The maximum absolute atomic E-state index is 10.5. The fourth-order valence-corrected chi connectivity index (χ4v) is 6.08. The summed E-state index contributed by atoms with van der Waals surface area (Å²) in [4.78, 5) is 10.5. The molecule has 1 N–H and O–H groups in total. The first-order valence-corrected chi connectivity index (χ1v) is 11.2. The van der Waals surface area contributed by atoms with E-state index in [1.807, 2.05) is 11.8 Å². The second-order valence-corrected chi connectivity index (χ2v) is 8.78. The van der Waals surface area contributed by atoms with E-state index in [0.717, 1.165) is 24.5 Å². The zero-order valence-corrected chi connectivity index (χ0v) is 15.7. The normalized spacial score (nSPS) is 29.6. The molecule has 0 amide bonds. The van der Waals surface area contributed by atoms with E-state index in [1.54, 1.807) is 0 Å². The maximum Gasteiger partial charge on any atom is 0.303 e. The molecule has 2 saturated heterocycles. The number of carboxylic acid groups (broad SMARTS) is 1. The Hall–Kier alpha value is -0.130. The van der Waals surface area contributed by atoms with Crippen LogP contribution < -0.4 is 0 Å². The lowest BCUT2D eigenvalue weighted by Crippen LogP contribution is -2.30. The Morgan fingerprint density at radius 2 is 1.78 bits per heavy atom. The number of hydrogen-bond donors (Lipinski definition) is 1. The average molecular weight is 359 g/mol. The van der Waals surface area contributed by atoms with Crippen LogP contribution in [-0.4, -0.2) is 46.3 Å². The quantitative estimate of drug-likeness (QED) is 0.412. The van der Waals surface area contributed by atoms with Gasteiger partial charge in [0.1, 0.15) is 0 Å². The molecule has 2 heterocycles. The van der Waals surface area contributed by atoms with Gasteiger partial charge in [0.05, 0.1) is 12.2 Å². The second kappa shape index (κ2) is 10.7. The first kappa shape index (κ1) is 19.2. The van der Waals surface area contributed by atoms with Gasteiger partial charge in [-0.25, -0.2) is 0 Å². The number of allylic oxidation sites excluding steroid dienone is 2. The van der Waals surface area contributed by atoms with Crippen LogP contribution in [0, 0.1) is 11.8 Å². The highest BCUT2D eigenvalue weighted by Gasteiger charge is 2.48. The first-order valence-electron chi connectivity index (χ1n) is 8.86. The van der Waals surface area contributed by atoms with E-state index in [4.69, 9.17) is 9.84 Å². The monoisotopic (exact) mass is 358 g/mol. The van der Waals surface area contributed by atoms with Gasteiger partial charge in [-0.3, -0.25) is 4.79 Å². The minimum atomic E-state index is -0.675. The fourth-order valence-electron chi connectivity index (χ4n) is 3.57. The van der Waals surface area contributed by atoms with Crippen LogP contribution in [0.4, 0.5) is 0 Å². The largest absolute Gasteiger partial charge is 0.481 e. The Kier molecular flexibility index (Phi) is 8.91. The molecule has 4 atom stereocenters. The Balaban J connectivity index is 1.63. The van der Waals surface area contributed by atoms with Crippen molar-refractivity contribution < 1.29 is 14.6 Å². The predicted octanol–water partition coefficient (Wildman–Crippen LogP) is 4.47. The van der Waals surface area contributed by atoms with Gasteiger partial charge in [-0.1, -0.05) is 12.2 Å². The van der Waals surface area contributed by atoms with E-state index in [-0.39, 0.29) is 0 Å². The lowest BCUT2D eigenvalue weighted by molar-refractivity contribution is -0.137. The lowest BCUT2D eigenvalue weighted by Gasteiger charge is -2.27. The van der Waals surface area contributed by atoms with Gasteiger partial charge in [-0.15, -0.1) is 0 Å². The molecule has 0 aromatic heterocycles. The zero-order chi connectivity index (χ0) is 16.5. The maximum atomic E-state index is 10.5. The first-order chi connectivity index (χ1) is 11.2. The van der Waals surface area contributed by atoms with Crippen molar-refractivity contribution in [1.82, 2.24) is 0 Å². The smallest absolute Gasteiger partial charge is 0.303 e. The van der Waals surface area contributed by atoms with Crippen LogP contribution in [0.15, 0.2) is 12.2 Å². The third-order valence-corrected chi connectivity index (χ3v) is 7.15. The molecular formula is C18H30O3S2. The molecule has 23 heavy (non-hydrogen) atoms. The molecule has 132 valence electrons. The number of thioether (sulfide) groups is 2. The molecule has 0 radical (unpaired) electrons. The van der Waals surface area contributed by atoms with Crippen molar-refractivity contribution >= 4 is 29.5 Å². The molecule has 0 aromatic rings. The second-order valence-electron chi connectivity index (χ2n) is 6.48. The van der Waals surface area contributed by atoms with E-state index < -0.39 is 5.97 Å². The number of fused-ring (bicyclic) bond motifs is 2. The van der Waals surface area contributed by atoms with Crippen LogP contribution in [0.25, 0.3) is 0 Å². The van der Waals surface area contributed by atoms with Gasteiger partial charge in [0.15, 0.2) is 0 Å². The van der Waals surface area contributed by atoms with Gasteiger partial charge in [-0.2, -0.15) is 23.5 Å². The van der Waals surface area contributed by atoms with E-state index >= 15 is 0 Å². The van der Waals surface area contributed by atoms with Crippen molar-refractivity contribution in [3.8, 4) is 0 Å². The Bertz CT molecular complexity index is 386. The van der Waals surface area contributed by atoms with Gasteiger partial charge in [-0.05, 0) is 62.0 Å². The van der Waals surface area contributed by atoms with Crippen molar-refractivity contribution in [2.75, 3.05) is 23.0 Å². The van der Waals surface area contributed by atoms with Crippen molar-refractivity contribution in [3.63, 3.8) is 0 Å². The molecular weight excluding hydrogens is 328 g/mol. The van der Waals surface area contributed by atoms with Gasteiger partial charge < -0.3 is 9.84 Å². The van der Waals surface area contributed by atoms with Gasteiger partial charge in [0, 0.05) is 18.3 Å². The third-order valence-electron chi connectivity index (χ3n) is 4.80. The summed E-state index contributed by atoms with van der Waals surface area (Å²) in [7, 11) is 0. The van der Waals surface area contributed by atoms with Gasteiger partial charge in [0.2, 0.25) is 0 Å². The molecule has 2 fully saturated rings. The molecule has 0 saturated carbocycles. The summed E-state index contributed by atoms with van der Waals surface area (Å²) in [6.45, 7) is 2.08. The summed E-state index contributed by atoms with van der Waals surface area (Å²) in [5, 5.41) is 8.66. The summed E-state index contributed by atoms with van der Waals surface area (Å²) >= 11 is 4.08. The van der Waals surface area contributed by atoms with Crippen LogP contribution in [0.1, 0.15) is 45.4 Å². The van der Waals surface area contributed by atoms with Crippen LogP contribution >= 0.6 is 23.5 Å². The van der Waals surface area contributed by atoms with Gasteiger partial charge in [0.25, 0.3) is 0 Å². The highest BCUT2D eigenvalue weighted by atomic mass is 32.2. The summed E-state index contributed by atoms with van der Waals surface area (Å²) in [6, 6.07) is 0. The highest BCUT2D eigenvalue weighted by molar-refractivity contribution is 7.99. The van der Waals surface area contributed by atoms with Crippen LogP contribution in [-0.2, 0) is 9.53 Å². The topological polar surface area (TPSA) is 46.5 Å². The van der Waals surface area contributed by atoms with E-state index in [2.05, 4.69) is 30.8 Å². The number of hydrogen-bond acceptors (Lipinski definition) is 4. The van der Waals surface area contributed by atoms with Crippen LogP contribution in [0.2, 0.25) is 0 Å². The summed E-state index contributed by atoms with van der Waals surface area (Å²) in [6.07, 6.45) is 11.2. The summed E-state index contributed by atoms with van der Waals surface area (Å²) in [5.41, 5.74) is 0.